The summed E-state index contributed by atoms with van der Waals surface area (Å²) in [6.07, 6.45) is 6.05. The van der Waals surface area contributed by atoms with Gasteiger partial charge in [-0.1, -0.05) is 55.3 Å². The van der Waals surface area contributed by atoms with Crippen molar-refractivity contribution < 1.29 is 45.9 Å². The standard InChI is InChI=1S/C42H47FN6O9S/c1-41(2,3)58-40(53)44-30-15-11-6-4-5-10-14-25-22-42(25,39(52)48-59(54,55)28-17-18-28)47-36(50)31-21-27(23-49(31)38(30)51)56-37-34-33(29-20-26(43)16-19-32(29)57-34)45-35(46-37)24-12-8-7-9-13-24/h7-10,12-14,16,19-20,25,27-28,30-31H,4-6,11,15,17-18,21-23H2,1-3H3,(H,44,53)(H,47,50)(H,48,52)/b14-10-/t25-,27+,30-,31-,42+/m0/s1. The Balaban J connectivity index is 1.15. The average molecular weight is 831 g/mol. The summed E-state index contributed by atoms with van der Waals surface area (Å²) in [6, 6.07) is 10.9. The highest BCUT2D eigenvalue weighted by atomic mass is 32.2. The van der Waals surface area contributed by atoms with Crippen LogP contribution in [0.1, 0.15) is 78.6 Å². The topological polar surface area (TPSA) is 199 Å². The van der Waals surface area contributed by atoms with Gasteiger partial charge in [0.2, 0.25) is 27.4 Å². The van der Waals surface area contributed by atoms with Gasteiger partial charge in [-0.25, -0.2) is 22.6 Å². The highest BCUT2D eigenvalue weighted by molar-refractivity contribution is 7.91. The van der Waals surface area contributed by atoms with Crippen molar-refractivity contribution in [1.29, 1.82) is 0 Å². The monoisotopic (exact) mass is 830 g/mol. The smallest absolute Gasteiger partial charge is 0.408 e. The van der Waals surface area contributed by atoms with E-state index in [4.69, 9.17) is 23.9 Å². The summed E-state index contributed by atoms with van der Waals surface area (Å²) in [5.74, 6) is -2.78. The Labute approximate surface area is 340 Å². The number of rotatable bonds is 7. The fourth-order valence-corrected chi connectivity index (χ4v) is 9.21. The molecule has 0 bridgehead atoms. The van der Waals surface area contributed by atoms with E-state index in [1.807, 2.05) is 42.5 Å². The first-order chi connectivity index (χ1) is 28.1. The molecule has 2 aromatic carbocycles. The highest BCUT2D eigenvalue weighted by Crippen LogP contribution is 2.46. The lowest BCUT2D eigenvalue weighted by Crippen LogP contribution is -2.58. The number of benzene rings is 2. The zero-order valence-electron chi connectivity index (χ0n) is 33.0. The second-order valence-corrected chi connectivity index (χ2v) is 18.8. The van der Waals surface area contributed by atoms with Crippen LogP contribution in [0.4, 0.5) is 9.18 Å². The fraction of sp³-hybridized carbons (Fsp3) is 0.476. The molecule has 4 aromatic rings. The first-order valence-electron chi connectivity index (χ1n) is 20.1. The van der Waals surface area contributed by atoms with Gasteiger partial charge in [0.25, 0.3) is 11.8 Å². The van der Waals surface area contributed by atoms with Crippen LogP contribution in [0.2, 0.25) is 0 Å². The number of fused-ring (bicyclic) bond motifs is 5. The molecule has 3 fully saturated rings. The van der Waals surface area contributed by atoms with Crippen LogP contribution in [0.15, 0.2) is 65.1 Å². The van der Waals surface area contributed by atoms with E-state index in [2.05, 4.69) is 15.4 Å². The number of alkyl carbamates (subject to hydrolysis) is 1. The van der Waals surface area contributed by atoms with E-state index in [1.54, 1.807) is 20.8 Å². The van der Waals surface area contributed by atoms with Gasteiger partial charge in [0.15, 0.2) is 5.82 Å². The second kappa shape index (κ2) is 15.5. The van der Waals surface area contributed by atoms with Gasteiger partial charge in [0.1, 0.15) is 46.2 Å². The molecule has 59 heavy (non-hydrogen) atoms. The Bertz CT molecular complexity index is 2450. The number of hydrogen-bond acceptors (Lipinski definition) is 11. The summed E-state index contributed by atoms with van der Waals surface area (Å²) in [4.78, 5) is 66.9. The number of ether oxygens (including phenoxy) is 2. The highest BCUT2D eigenvalue weighted by Gasteiger charge is 2.62. The molecule has 8 rings (SSSR count). The molecule has 1 saturated heterocycles. The molecular weight excluding hydrogens is 784 g/mol. The molecule has 4 amide bonds. The number of nitrogens with one attached hydrogen (secondary N) is 3. The fourth-order valence-electron chi connectivity index (χ4n) is 7.84. The molecule has 3 N–H and O–H groups in total. The quantitative estimate of drug-likeness (QED) is 0.201. The Morgan fingerprint density at radius 2 is 1.81 bits per heavy atom. The van der Waals surface area contributed by atoms with E-state index in [0.29, 0.717) is 47.7 Å². The molecule has 4 aliphatic rings. The van der Waals surface area contributed by atoms with Gasteiger partial charge >= 0.3 is 6.09 Å². The van der Waals surface area contributed by atoms with Crippen molar-refractivity contribution in [2.75, 3.05) is 6.54 Å². The third-order valence-corrected chi connectivity index (χ3v) is 12.9. The number of allylic oxidation sites excluding steroid dienone is 1. The first kappa shape index (κ1) is 40.2. The SMILES string of the molecule is CC(C)(C)OC(=O)N[C@H]1CCCCC/C=C\[C@H]2C[C@@]2(C(=O)NS(=O)(=O)C2CC2)NC(=O)[C@@H]2C[C@@H](Oc3nc(-c4ccccc4)nc4c3oc3ccc(F)cc34)CN2C1=O. The van der Waals surface area contributed by atoms with Crippen molar-refractivity contribution in [3.05, 3.63) is 66.5 Å². The summed E-state index contributed by atoms with van der Waals surface area (Å²) >= 11 is 0. The largest absolute Gasteiger partial charge is 0.470 e. The molecule has 0 unspecified atom stereocenters. The number of carbonyl (C=O) groups is 4. The molecule has 2 aliphatic heterocycles. The molecule has 4 heterocycles. The maximum Gasteiger partial charge on any atom is 0.408 e. The van der Waals surface area contributed by atoms with Crippen molar-refractivity contribution in [2.24, 2.45) is 5.92 Å². The normalized spacial score (nSPS) is 25.9. The van der Waals surface area contributed by atoms with E-state index in [0.717, 1.165) is 12.8 Å². The van der Waals surface area contributed by atoms with Gasteiger partial charge in [0.05, 0.1) is 11.8 Å². The van der Waals surface area contributed by atoms with Gasteiger partial charge in [-0.3, -0.25) is 19.1 Å². The second-order valence-electron chi connectivity index (χ2n) is 16.8. The molecule has 15 nitrogen and oxygen atoms in total. The Morgan fingerprint density at radius 1 is 1.03 bits per heavy atom. The van der Waals surface area contributed by atoms with Crippen LogP contribution in [-0.4, -0.2) is 88.2 Å². The minimum absolute atomic E-state index is 0.00279. The molecule has 2 saturated carbocycles. The molecule has 2 aromatic heterocycles. The zero-order valence-corrected chi connectivity index (χ0v) is 33.8. The van der Waals surface area contributed by atoms with Crippen molar-refractivity contribution in [3.63, 3.8) is 0 Å². The number of furan rings is 1. The molecule has 5 atom stereocenters. The predicted octanol–water partition coefficient (Wildman–Crippen LogP) is 5.43. The van der Waals surface area contributed by atoms with Gasteiger partial charge in [0, 0.05) is 23.3 Å². The summed E-state index contributed by atoms with van der Waals surface area (Å²) in [5.41, 5.74) is -0.986. The number of hydrogen-bond donors (Lipinski definition) is 3. The number of amides is 4. The third-order valence-electron chi connectivity index (χ3n) is 11.1. The van der Waals surface area contributed by atoms with Gasteiger partial charge in [-0.15, -0.1) is 0 Å². The number of aromatic nitrogens is 2. The molecule has 0 spiro atoms. The van der Waals surface area contributed by atoms with Crippen LogP contribution in [0.3, 0.4) is 0 Å². The molecule has 17 heteroatoms. The van der Waals surface area contributed by atoms with Crippen molar-refractivity contribution in [3.8, 4) is 17.3 Å². The minimum atomic E-state index is -3.94. The van der Waals surface area contributed by atoms with Crippen molar-refractivity contribution in [1.82, 2.24) is 30.2 Å². The first-order valence-corrected chi connectivity index (χ1v) is 21.6. The van der Waals surface area contributed by atoms with E-state index in [1.165, 1.54) is 23.1 Å². The zero-order chi connectivity index (χ0) is 41.7. The maximum absolute atomic E-state index is 14.7. The molecular formula is C42H47FN6O9S. The Kier molecular flexibility index (Phi) is 10.6. The minimum Gasteiger partial charge on any atom is -0.470 e. The van der Waals surface area contributed by atoms with E-state index >= 15 is 0 Å². The number of sulfonamides is 1. The van der Waals surface area contributed by atoms with Gasteiger partial charge in [-0.2, -0.15) is 4.98 Å². The van der Waals surface area contributed by atoms with Gasteiger partial charge < -0.3 is 29.4 Å². The van der Waals surface area contributed by atoms with Crippen LogP contribution in [0.25, 0.3) is 33.5 Å². The molecule has 0 radical (unpaired) electrons. The molecule has 312 valence electrons. The van der Waals surface area contributed by atoms with Crippen LogP contribution in [0.5, 0.6) is 5.88 Å². The maximum atomic E-state index is 14.7. The van der Waals surface area contributed by atoms with Crippen LogP contribution in [0, 0.1) is 11.7 Å². The summed E-state index contributed by atoms with van der Waals surface area (Å²) < 4.78 is 60.7. The van der Waals surface area contributed by atoms with Crippen LogP contribution in [-0.2, 0) is 29.1 Å². The lowest BCUT2D eigenvalue weighted by atomic mass is 10.0. The van der Waals surface area contributed by atoms with Crippen LogP contribution >= 0.6 is 0 Å². The third kappa shape index (κ3) is 8.61. The number of carbonyl (C=O) groups excluding carboxylic acids is 4. The van der Waals surface area contributed by atoms with E-state index in [9.17, 15) is 32.0 Å². The van der Waals surface area contributed by atoms with Gasteiger partial charge in [-0.05, 0) is 77.5 Å². The van der Waals surface area contributed by atoms with Crippen molar-refractivity contribution >= 4 is 55.9 Å². The predicted molar refractivity (Wildman–Crippen MR) is 214 cm³/mol. The van der Waals surface area contributed by atoms with Crippen LogP contribution < -0.4 is 20.1 Å². The Hall–Kier alpha value is -5.58. The lowest BCUT2D eigenvalue weighted by molar-refractivity contribution is -0.141. The number of nitrogens with zero attached hydrogens (tertiary/aromatic N) is 3. The Morgan fingerprint density at radius 3 is 2.56 bits per heavy atom. The van der Waals surface area contributed by atoms with E-state index in [-0.39, 0.29) is 43.1 Å². The van der Waals surface area contributed by atoms with E-state index < -0.39 is 80.2 Å². The molecule has 2 aliphatic carbocycles. The van der Waals surface area contributed by atoms with Crippen molar-refractivity contribution in [2.45, 2.75) is 113 Å². The summed E-state index contributed by atoms with van der Waals surface area (Å²) in [6.45, 7) is 4.99. The lowest BCUT2D eigenvalue weighted by Gasteiger charge is -2.30. The number of halogens is 1. The summed E-state index contributed by atoms with van der Waals surface area (Å²) in [5, 5.41) is 5.32. The summed E-state index contributed by atoms with van der Waals surface area (Å²) in [7, 11) is -3.94. The average Bonchev–Trinajstić information content (AvgIpc) is 4.08.